The topological polar surface area (TPSA) is 63.6 Å². The van der Waals surface area contributed by atoms with Gasteiger partial charge < -0.3 is 9.84 Å². The first-order valence-electron chi connectivity index (χ1n) is 4.88. The number of hydrogen-bond donors (Lipinski definition) is 1. The summed E-state index contributed by atoms with van der Waals surface area (Å²) in [6.07, 6.45) is 1.55. The smallest absolute Gasteiger partial charge is 0.341 e. The first-order chi connectivity index (χ1) is 7.10. The molecule has 0 spiro atoms. The highest BCUT2D eigenvalue weighted by Crippen LogP contribution is 2.39. The lowest BCUT2D eigenvalue weighted by atomic mass is 10.2. The highest BCUT2D eigenvalue weighted by atomic mass is 19.1. The molecule has 0 radical (unpaired) electrons. The molecule has 0 heterocycles. The van der Waals surface area contributed by atoms with Gasteiger partial charge in [0.15, 0.2) is 0 Å². The molecular formula is C11H17FO4. The molecule has 0 saturated heterocycles. The summed E-state index contributed by atoms with van der Waals surface area (Å²) >= 11 is 0. The van der Waals surface area contributed by atoms with Crippen molar-refractivity contribution in [3.05, 3.63) is 12.7 Å². The van der Waals surface area contributed by atoms with Crippen LogP contribution in [0.2, 0.25) is 0 Å². The lowest BCUT2D eigenvalue weighted by molar-refractivity contribution is -0.148. The van der Waals surface area contributed by atoms with Gasteiger partial charge in [-0.3, -0.25) is 0 Å². The van der Waals surface area contributed by atoms with E-state index in [4.69, 9.17) is 9.84 Å². The van der Waals surface area contributed by atoms with E-state index in [1.165, 1.54) is 0 Å². The Kier molecular flexibility index (Phi) is 4.65. The first-order valence-corrected chi connectivity index (χ1v) is 4.88. The Morgan fingerprint density at radius 3 is 1.94 bits per heavy atom. The summed E-state index contributed by atoms with van der Waals surface area (Å²) in [7, 11) is 0. The van der Waals surface area contributed by atoms with Crippen molar-refractivity contribution in [3.8, 4) is 0 Å². The molecule has 0 atom stereocenters. The van der Waals surface area contributed by atoms with Crippen molar-refractivity contribution in [1.29, 1.82) is 0 Å². The molecule has 0 bridgehead atoms. The van der Waals surface area contributed by atoms with E-state index < -0.39 is 17.2 Å². The van der Waals surface area contributed by atoms with Gasteiger partial charge >= 0.3 is 11.9 Å². The second-order valence-electron chi connectivity index (χ2n) is 4.51. The highest BCUT2D eigenvalue weighted by Gasteiger charge is 2.51. The minimum absolute atomic E-state index is 0.197. The van der Waals surface area contributed by atoms with Crippen molar-refractivity contribution in [2.45, 2.75) is 44.9 Å². The van der Waals surface area contributed by atoms with E-state index in [-0.39, 0.29) is 18.8 Å². The minimum Gasteiger partial charge on any atom is -0.479 e. The predicted octanol–water partition coefficient (Wildman–Crippen LogP) is 2.09. The van der Waals surface area contributed by atoms with Crippen LogP contribution in [0.1, 0.15) is 33.6 Å². The van der Waals surface area contributed by atoms with Crippen LogP contribution in [-0.4, -0.2) is 28.3 Å². The molecule has 1 N–H and O–H groups in total. The molecule has 0 amide bonds. The van der Waals surface area contributed by atoms with E-state index in [0.717, 1.165) is 6.08 Å². The fourth-order valence-electron chi connectivity index (χ4n) is 0.667. The molecule has 5 heteroatoms. The van der Waals surface area contributed by atoms with Crippen LogP contribution in [0.3, 0.4) is 0 Å². The van der Waals surface area contributed by atoms with Crippen LogP contribution in [0.25, 0.3) is 0 Å². The van der Waals surface area contributed by atoms with E-state index in [1.807, 2.05) is 20.8 Å². The van der Waals surface area contributed by atoms with Crippen LogP contribution in [0, 0.1) is 0 Å². The fraction of sp³-hybridized carbons (Fsp3) is 0.636. The van der Waals surface area contributed by atoms with Gasteiger partial charge in [-0.2, -0.15) is 0 Å². The number of ether oxygens (including phenoxy) is 1. The van der Waals surface area contributed by atoms with E-state index in [9.17, 15) is 14.0 Å². The number of carbonyl (C=O) groups is 2. The zero-order valence-corrected chi connectivity index (χ0v) is 9.75. The Labute approximate surface area is 94.1 Å². The highest BCUT2D eigenvalue weighted by molar-refractivity contribution is 5.81. The fourth-order valence-corrected chi connectivity index (χ4v) is 0.667. The summed E-state index contributed by atoms with van der Waals surface area (Å²) < 4.78 is 16.9. The molecule has 1 rings (SSSR count). The summed E-state index contributed by atoms with van der Waals surface area (Å²) in [6, 6.07) is 0. The van der Waals surface area contributed by atoms with Crippen LogP contribution in [-0.2, 0) is 14.3 Å². The van der Waals surface area contributed by atoms with Crippen molar-refractivity contribution in [2.24, 2.45) is 0 Å². The zero-order valence-electron chi connectivity index (χ0n) is 9.75. The number of hydrogen-bond acceptors (Lipinski definition) is 3. The summed E-state index contributed by atoms with van der Waals surface area (Å²) in [4.78, 5) is 20.2. The van der Waals surface area contributed by atoms with Crippen molar-refractivity contribution >= 4 is 11.9 Å². The molecular weight excluding hydrogens is 215 g/mol. The Balaban J connectivity index is 0.000000288. The molecule has 1 aliphatic rings. The minimum atomic E-state index is -1.83. The summed E-state index contributed by atoms with van der Waals surface area (Å²) in [5.74, 6) is -1.69. The van der Waals surface area contributed by atoms with E-state index in [1.54, 1.807) is 0 Å². The molecule has 1 saturated carbocycles. The third-order valence-electron chi connectivity index (χ3n) is 1.65. The number of carbonyl (C=O) groups excluding carboxylic acids is 1. The summed E-state index contributed by atoms with van der Waals surface area (Å²) in [5.41, 5.74) is -2.23. The average Bonchev–Trinajstić information content (AvgIpc) is 2.83. The van der Waals surface area contributed by atoms with Crippen molar-refractivity contribution < 1.29 is 23.8 Å². The Hall–Kier alpha value is -1.39. The molecule has 0 aromatic carbocycles. The van der Waals surface area contributed by atoms with Gasteiger partial charge in [-0.05, 0) is 33.6 Å². The lowest BCUT2D eigenvalue weighted by Crippen LogP contribution is -2.22. The number of rotatable bonds is 2. The van der Waals surface area contributed by atoms with Crippen LogP contribution < -0.4 is 0 Å². The Morgan fingerprint density at radius 2 is 1.88 bits per heavy atom. The molecule has 1 aliphatic carbocycles. The maximum atomic E-state index is 12.0. The molecule has 0 aromatic rings. The SMILES string of the molecule is C=CC(=O)OC(C)(C)C.O=C(O)C1(F)CC1. The standard InChI is InChI=1S/C7H12O2.C4H5FO2/c1-5-6(8)9-7(2,3)4;5-4(1-2-4)3(6)7/h5H,1H2,2-4H3;1-2H2,(H,6,7). The summed E-state index contributed by atoms with van der Waals surface area (Å²) in [5, 5.41) is 7.94. The summed E-state index contributed by atoms with van der Waals surface area (Å²) in [6.45, 7) is 8.71. The monoisotopic (exact) mass is 232 g/mol. The molecule has 0 aromatic heterocycles. The number of alkyl halides is 1. The van der Waals surface area contributed by atoms with Gasteiger partial charge in [0, 0.05) is 6.08 Å². The molecule has 0 unspecified atom stereocenters. The molecule has 16 heavy (non-hydrogen) atoms. The number of carboxylic acid groups (broad SMARTS) is 1. The molecule has 92 valence electrons. The average molecular weight is 232 g/mol. The third kappa shape index (κ3) is 6.16. The Bertz CT molecular complexity index is 287. The molecule has 0 aliphatic heterocycles. The predicted molar refractivity (Wildman–Crippen MR) is 56.8 cm³/mol. The maximum absolute atomic E-state index is 12.0. The van der Waals surface area contributed by atoms with Gasteiger partial charge in [-0.15, -0.1) is 0 Å². The Morgan fingerprint density at radius 1 is 1.44 bits per heavy atom. The van der Waals surface area contributed by atoms with Crippen LogP contribution in [0.4, 0.5) is 4.39 Å². The normalized spacial score (nSPS) is 16.5. The van der Waals surface area contributed by atoms with Crippen LogP contribution in [0.15, 0.2) is 12.7 Å². The maximum Gasteiger partial charge on any atom is 0.341 e. The lowest BCUT2D eigenvalue weighted by Gasteiger charge is -2.17. The van der Waals surface area contributed by atoms with Crippen molar-refractivity contribution in [3.63, 3.8) is 0 Å². The van der Waals surface area contributed by atoms with Crippen LogP contribution in [0.5, 0.6) is 0 Å². The van der Waals surface area contributed by atoms with Crippen molar-refractivity contribution in [2.75, 3.05) is 0 Å². The molecule has 4 nitrogen and oxygen atoms in total. The van der Waals surface area contributed by atoms with Gasteiger partial charge in [-0.1, -0.05) is 6.58 Å². The quantitative estimate of drug-likeness (QED) is 0.585. The number of halogens is 1. The van der Waals surface area contributed by atoms with E-state index in [0.29, 0.717) is 0 Å². The number of aliphatic carboxylic acids is 1. The van der Waals surface area contributed by atoms with Gasteiger partial charge in [0.05, 0.1) is 0 Å². The van der Waals surface area contributed by atoms with Crippen LogP contribution >= 0.6 is 0 Å². The zero-order chi connectivity index (χ0) is 13.0. The van der Waals surface area contributed by atoms with Gasteiger partial charge in [0.25, 0.3) is 0 Å². The largest absolute Gasteiger partial charge is 0.479 e. The van der Waals surface area contributed by atoms with Gasteiger partial charge in [0.2, 0.25) is 5.67 Å². The van der Waals surface area contributed by atoms with Crippen molar-refractivity contribution in [1.82, 2.24) is 0 Å². The second-order valence-corrected chi connectivity index (χ2v) is 4.51. The number of carboxylic acids is 1. The van der Waals surface area contributed by atoms with E-state index >= 15 is 0 Å². The van der Waals surface area contributed by atoms with Gasteiger partial charge in [0.1, 0.15) is 5.60 Å². The first kappa shape index (κ1) is 14.6. The van der Waals surface area contributed by atoms with Gasteiger partial charge in [-0.25, -0.2) is 14.0 Å². The second kappa shape index (κ2) is 5.09. The number of esters is 1. The third-order valence-corrected chi connectivity index (χ3v) is 1.65. The van der Waals surface area contributed by atoms with E-state index in [2.05, 4.69) is 6.58 Å². The molecule has 1 fully saturated rings.